The summed E-state index contributed by atoms with van der Waals surface area (Å²) >= 11 is 5.90. The second kappa shape index (κ2) is 7.79. The molecule has 0 unspecified atom stereocenters. The first-order chi connectivity index (χ1) is 11.4. The van der Waals surface area contributed by atoms with E-state index in [9.17, 15) is 14.7 Å². The first-order valence-corrected chi connectivity index (χ1v) is 7.66. The maximum Gasteiger partial charge on any atom is 0.326 e. The molecule has 6 nitrogen and oxygen atoms in total. The predicted octanol–water partition coefficient (Wildman–Crippen LogP) is 2.23. The van der Waals surface area contributed by atoms with Crippen molar-refractivity contribution in [3.05, 3.63) is 58.9 Å². The number of aliphatic carboxylic acids is 1. The number of hydrogen-bond acceptors (Lipinski definition) is 4. The second-order valence-corrected chi connectivity index (χ2v) is 5.93. The van der Waals surface area contributed by atoms with Gasteiger partial charge in [0, 0.05) is 25.5 Å². The third kappa shape index (κ3) is 4.70. The van der Waals surface area contributed by atoms with E-state index in [4.69, 9.17) is 11.6 Å². The smallest absolute Gasteiger partial charge is 0.326 e. The number of carboxylic acids is 1. The number of halogens is 1. The molecule has 24 heavy (non-hydrogen) atoms. The van der Waals surface area contributed by atoms with Gasteiger partial charge in [0.05, 0.1) is 11.9 Å². The van der Waals surface area contributed by atoms with Crippen LogP contribution in [0.25, 0.3) is 0 Å². The Kier molecular flexibility index (Phi) is 5.76. The standard InChI is InChI=1S/C17H18ClN3O3/c1-21(2)13-6-7-14(19-10-13)16(22)20-15(17(23)24)9-11-4-3-5-12(18)8-11/h3-8,10,15H,9H2,1-2H3,(H,20,22)(H,23,24)/t15-/m0/s1. The van der Waals surface area contributed by atoms with Crippen LogP contribution in [0, 0.1) is 0 Å². The Labute approximate surface area is 145 Å². The molecule has 126 valence electrons. The minimum absolute atomic E-state index is 0.136. The van der Waals surface area contributed by atoms with Crippen LogP contribution in [-0.4, -0.2) is 42.1 Å². The van der Waals surface area contributed by atoms with Crippen molar-refractivity contribution in [1.82, 2.24) is 10.3 Å². The zero-order valence-electron chi connectivity index (χ0n) is 13.4. The molecule has 2 rings (SSSR count). The van der Waals surface area contributed by atoms with Crippen molar-refractivity contribution in [3.63, 3.8) is 0 Å². The third-order valence-corrected chi connectivity index (χ3v) is 3.66. The zero-order chi connectivity index (χ0) is 17.7. The van der Waals surface area contributed by atoms with Gasteiger partial charge in [-0.3, -0.25) is 4.79 Å². The minimum Gasteiger partial charge on any atom is -0.480 e. The van der Waals surface area contributed by atoms with Crippen molar-refractivity contribution in [2.75, 3.05) is 19.0 Å². The molecule has 1 heterocycles. The quantitative estimate of drug-likeness (QED) is 0.837. The maximum absolute atomic E-state index is 12.2. The van der Waals surface area contributed by atoms with Crippen LogP contribution in [0.1, 0.15) is 16.1 Å². The average molecular weight is 348 g/mol. The van der Waals surface area contributed by atoms with Crippen molar-refractivity contribution in [2.24, 2.45) is 0 Å². The molecule has 0 saturated carbocycles. The molecule has 1 aromatic heterocycles. The number of amides is 1. The fraction of sp³-hybridized carbons (Fsp3) is 0.235. The van der Waals surface area contributed by atoms with E-state index in [1.807, 2.05) is 19.0 Å². The number of carbonyl (C=O) groups is 2. The predicted molar refractivity (Wildman–Crippen MR) is 92.6 cm³/mol. The van der Waals surface area contributed by atoms with Crippen LogP contribution >= 0.6 is 11.6 Å². The maximum atomic E-state index is 12.2. The van der Waals surface area contributed by atoms with Crippen molar-refractivity contribution in [3.8, 4) is 0 Å². The van der Waals surface area contributed by atoms with Gasteiger partial charge in [0.2, 0.25) is 0 Å². The van der Waals surface area contributed by atoms with Gasteiger partial charge in [0.15, 0.2) is 0 Å². The number of nitrogens with one attached hydrogen (secondary N) is 1. The Balaban J connectivity index is 2.09. The lowest BCUT2D eigenvalue weighted by molar-refractivity contribution is -0.139. The number of rotatable bonds is 6. The normalized spacial score (nSPS) is 11.6. The van der Waals surface area contributed by atoms with Crippen LogP contribution in [0.15, 0.2) is 42.6 Å². The lowest BCUT2D eigenvalue weighted by atomic mass is 10.1. The number of hydrogen-bond donors (Lipinski definition) is 2. The van der Waals surface area contributed by atoms with E-state index in [0.717, 1.165) is 11.3 Å². The molecule has 2 N–H and O–H groups in total. The van der Waals surface area contributed by atoms with E-state index in [-0.39, 0.29) is 12.1 Å². The summed E-state index contributed by atoms with van der Waals surface area (Å²) in [6.45, 7) is 0. The highest BCUT2D eigenvalue weighted by molar-refractivity contribution is 6.30. The molecule has 7 heteroatoms. The molecule has 0 aliphatic carbocycles. The summed E-state index contributed by atoms with van der Waals surface area (Å²) in [6, 6.07) is 9.12. The van der Waals surface area contributed by atoms with Crippen LogP contribution < -0.4 is 10.2 Å². The Morgan fingerprint density at radius 1 is 1.29 bits per heavy atom. The number of nitrogens with zero attached hydrogens (tertiary/aromatic N) is 2. The van der Waals surface area contributed by atoms with E-state index in [1.165, 1.54) is 0 Å². The summed E-state index contributed by atoms with van der Waals surface area (Å²) in [6.07, 6.45) is 1.69. The highest BCUT2D eigenvalue weighted by atomic mass is 35.5. The Morgan fingerprint density at radius 2 is 2.04 bits per heavy atom. The highest BCUT2D eigenvalue weighted by Gasteiger charge is 2.22. The van der Waals surface area contributed by atoms with Crippen molar-refractivity contribution in [1.29, 1.82) is 0 Å². The van der Waals surface area contributed by atoms with Crippen LogP contribution in [0.3, 0.4) is 0 Å². The summed E-state index contributed by atoms with van der Waals surface area (Å²) < 4.78 is 0. The summed E-state index contributed by atoms with van der Waals surface area (Å²) in [5.41, 5.74) is 1.74. The van der Waals surface area contributed by atoms with Crippen LogP contribution in [-0.2, 0) is 11.2 Å². The SMILES string of the molecule is CN(C)c1ccc(C(=O)N[C@@H](Cc2cccc(Cl)c2)C(=O)O)nc1. The van der Waals surface area contributed by atoms with E-state index in [0.29, 0.717) is 5.02 Å². The van der Waals surface area contributed by atoms with Gasteiger partial charge in [-0.1, -0.05) is 23.7 Å². The van der Waals surface area contributed by atoms with E-state index in [1.54, 1.807) is 42.6 Å². The number of benzene rings is 1. The van der Waals surface area contributed by atoms with Gasteiger partial charge in [-0.05, 0) is 29.8 Å². The lowest BCUT2D eigenvalue weighted by Gasteiger charge is -2.15. The summed E-state index contributed by atoms with van der Waals surface area (Å²) in [5.74, 6) is -1.65. The highest BCUT2D eigenvalue weighted by Crippen LogP contribution is 2.13. The molecule has 1 amide bonds. The molecule has 2 aromatic rings. The summed E-state index contributed by atoms with van der Waals surface area (Å²) in [7, 11) is 3.73. The first-order valence-electron chi connectivity index (χ1n) is 7.28. The number of pyridine rings is 1. The van der Waals surface area contributed by atoms with Gasteiger partial charge in [0.1, 0.15) is 11.7 Å². The first kappa shape index (κ1) is 17.7. The van der Waals surface area contributed by atoms with E-state index < -0.39 is 17.9 Å². The fourth-order valence-corrected chi connectivity index (χ4v) is 2.33. The van der Waals surface area contributed by atoms with Crippen molar-refractivity contribution in [2.45, 2.75) is 12.5 Å². The average Bonchev–Trinajstić information content (AvgIpc) is 2.54. The van der Waals surface area contributed by atoms with Gasteiger partial charge < -0.3 is 15.3 Å². The number of carbonyl (C=O) groups excluding carboxylic acids is 1. The van der Waals surface area contributed by atoms with Gasteiger partial charge in [0.25, 0.3) is 5.91 Å². The Hall–Kier alpha value is -2.60. The van der Waals surface area contributed by atoms with Gasteiger partial charge in [-0.15, -0.1) is 0 Å². The summed E-state index contributed by atoms with van der Waals surface area (Å²) in [4.78, 5) is 29.6. The van der Waals surface area contributed by atoms with Gasteiger partial charge in [-0.2, -0.15) is 0 Å². The molecule has 1 aromatic carbocycles. The number of aromatic nitrogens is 1. The molecule has 0 radical (unpaired) electrons. The van der Waals surface area contributed by atoms with E-state index >= 15 is 0 Å². The van der Waals surface area contributed by atoms with Crippen LogP contribution in [0.4, 0.5) is 5.69 Å². The topological polar surface area (TPSA) is 82.5 Å². The minimum atomic E-state index is -1.12. The lowest BCUT2D eigenvalue weighted by Crippen LogP contribution is -2.42. The van der Waals surface area contributed by atoms with Crippen LogP contribution in [0.5, 0.6) is 0 Å². The Morgan fingerprint density at radius 3 is 2.58 bits per heavy atom. The summed E-state index contributed by atoms with van der Waals surface area (Å²) in [5, 5.41) is 12.4. The van der Waals surface area contributed by atoms with Gasteiger partial charge in [-0.25, -0.2) is 9.78 Å². The van der Waals surface area contributed by atoms with Gasteiger partial charge >= 0.3 is 5.97 Å². The van der Waals surface area contributed by atoms with E-state index in [2.05, 4.69) is 10.3 Å². The zero-order valence-corrected chi connectivity index (χ0v) is 14.1. The monoisotopic (exact) mass is 347 g/mol. The third-order valence-electron chi connectivity index (χ3n) is 3.43. The molecule has 0 spiro atoms. The van der Waals surface area contributed by atoms with Crippen molar-refractivity contribution < 1.29 is 14.7 Å². The Bertz CT molecular complexity index is 732. The number of carboxylic acid groups (broad SMARTS) is 1. The van der Waals surface area contributed by atoms with Crippen molar-refractivity contribution >= 4 is 29.2 Å². The molecular weight excluding hydrogens is 330 g/mol. The molecule has 0 aliphatic rings. The molecule has 0 fully saturated rings. The molecular formula is C17H18ClN3O3. The molecule has 0 bridgehead atoms. The second-order valence-electron chi connectivity index (χ2n) is 5.49. The largest absolute Gasteiger partial charge is 0.480 e. The molecule has 0 saturated heterocycles. The molecule has 0 aliphatic heterocycles. The fourth-order valence-electron chi connectivity index (χ4n) is 2.12. The van der Waals surface area contributed by atoms with Crippen LogP contribution in [0.2, 0.25) is 5.02 Å². The number of anilines is 1. The molecule has 1 atom stereocenters.